The number of likely N-dealkylation sites (N-methyl/N-ethyl adjacent to an activating group) is 1. The molecule has 1 saturated heterocycles. The molecule has 4 unspecified atom stereocenters. The van der Waals surface area contributed by atoms with Gasteiger partial charge >= 0.3 is 0 Å². The number of ether oxygens (including phenoxy) is 1. The quantitative estimate of drug-likeness (QED) is 0.810. The molecular formula is C14H28N2O. The van der Waals surface area contributed by atoms with E-state index in [1.807, 2.05) is 0 Å². The molecule has 17 heavy (non-hydrogen) atoms. The van der Waals surface area contributed by atoms with Crippen molar-refractivity contribution in [3.05, 3.63) is 0 Å². The second-order valence-electron chi connectivity index (χ2n) is 6.62. The molecule has 0 amide bonds. The van der Waals surface area contributed by atoms with Crippen LogP contribution < -0.4 is 5.32 Å². The van der Waals surface area contributed by atoms with E-state index in [1.165, 1.54) is 12.8 Å². The summed E-state index contributed by atoms with van der Waals surface area (Å²) in [5.41, 5.74) is 0.303. The van der Waals surface area contributed by atoms with Gasteiger partial charge < -0.3 is 15.0 Å². The third-order valence-corrected chi connectivity index (χ3v) is 4.85. The largest absolute Gasteiger partial charge is 0.377 e. The van der Waals surface area contributed by atoms with Gasteiger partial charge in [0.05, 0.1) is 6.10 Å². The highest BCUT2D eigenvalue weighted by molar-refractivity contribution is 5.10. The van der Waals surface area contributed by atoms with E-state index >= 15 is 0 Å². The van der Waals surface area contributed by atoms with Gasteiger partial charge in [-0.25, -0.2) is 0 Å². The van der Waals surface area contributed by atoms with Crippen molar-refractivity contribution in [1.29, 1.82) is 0 Å². The van der Waals surface area contributed by atoms with Crippen LogP contribution >= 0.6 is 0 Å². The van der Waals surface area contributed by atoms with E-state index in [0.29, 0.717) is 23.6 Å². The van der Waals surface area contributed by atoms with Crippen LogP contribution in [0.25, 0.3) is 0 Å². The fourth-order valence-corrected chi connectivity index (χ4v) is 3.42. The fourth-order valence-electron chi connectivity index (χ4n) is 3.42. The van der Waals surface area contributed by atoms with E-state index in [2.05, 4.69) is 45.1 Å². The zero-order valence-corrected chi connectivity index (χ0v) is 12.0. The monoisotopic (exact) mass is 240 g/mol. The number of hydrogen-bond acceptors (Lipinski definition) is 3. The van der Waals surface area contributed by atoms with Crippen molar-refractivity contribution in [2.75, 3.05) is 27.2 Å². The van der Waals surface area contributed by atoms with Crippen molar-refractivity contribution in [2.45, 2.75) is 51.8 Å². The Labute approximate surface area is 106 Å². The minimum absolute atomic E-state index is 0.303. The van der Waals surface area contributed by atoms with Crippen LogP contribution in [-0.2, 0) is 4.74 Å². The number of nitrogens with zero attached hydrogens (tertiary/aromatic N) is 1. The fraction of sp³-hybridized carbons (Fsp3) is 1.00. The van der Waals surface area contributed by atoms with Crippen molar-refractivity contribution < 1.29 is 4.74 Å². The predicted octanol–water partition coefficient (Wildman–Crippen LogP) is 1.73. The van der Waals surface area contributed by atoms with Crippen LogP contribution in [0.15, 0.2) is 0 Å². The molecule has 0 aromatic rings. The van der Waals surface area contributed by atoms with Gasteiger partial charge in [-0.1, -0.05) is 13.8 Å². The van der Waals surface area contributed by atoms with Crippen LogP contribution in [0.3, 0.4) is 0 Å². The first-order valence-corrected chi connectivity index (χ1v) is 6.96. The Morgan fingerprint density at radius 1 is 1.41 bits per heavy atom. The van der Waals surface area contributed by atoms with E-state index < -0.39 is 0 Å². The second-order valence-corrected chi connectivity index (χ2v) is 6.62. The van der Waals surface area contributed by atoms with Gasteiger partial charge in [0.2, 0.25) is 0 Å². The van der Waals surface area contributed by atoms with Crippen LogP contribution in [0, 0.1) is 11.3 Å². The summed E-state index contributed by atoms with van der Waals surface area (Å²) in [6, 6.07) is 1.23. The van der Waals surface area contributed by atoms with Gasteiger partial charge in [-0.15, -0.1) is 0 Å². The summed E-state index contributed by atoms with van der Waals surface area (Å²) in [6.45, 7) is 9.00. The maximum Gasteiger partial charge on any atom is 0.0684 e. The summed E-state index contributed by atoms with van der Waals surface area (Å²) in [4.78, 5) is 2.27. The van der Waals surface area contributed by atoms with E-state index in [9.17, 15) is 0 Å². The van der Waals surface area contributed by atoms with Gasteiger partial charge in [0.15, 0.2) is 0 Å². The molecule has 2 rings (SSSR count). The summed E-state index contributed by atoms with van der Waals surface area (Å²) in [5.74, 6) is 0.744. The zero-order chi connectivity index (χ0) is 12.6. The van der Waals surface area contributed by atoms with Crippen LogP contribution in [-0.4, -0.2) is 50.3 Å². The molecule has 1 heterocycles. The molecule has 0 spiro atoms. The minimum Gasteiger partial charge on any atom is -0.377 e. The molecule has 3 nitrogen and oxygen atoms in total. The summed E-state index contributed by atoms with van der Waals surface area (Å²) < 4.78 is 5.93. The van der Waals surface area contributed by atoms with Gasteiger partial charge in [-0.05, 0) is 33.9 Å². The summed E-state index contributed by atoms with van der Waals surface area (Å²) in [7, 11) is 4.29. The molecule has 1 aliphatic heterocycles. The van der Waals surface area contributed by atoms with E-state index in [4.69, 9.17) is 4.74 Å². The van der Waals surface area contributed by atoms with Crippen LogP contribution in [0.4, 0.5) is 0 Å². The van der Waals surface area contributed by atoms with E-state index in [0.717, 1.165) is 19.1 Å². The molecule has 2 aliphatic rings. The summed E-state index contributed by atoms with van der Waals surface area (Å²) in [5, 5.41) is 3.77. The zero-order valence-electron chi connectivity index (χ0n) is 12.0. The maximum absolute atomic E-state index is 5.93. The first-order valence-electron chi connectivity index (χ1n) is 6.96. The van der Waals surface area contributed by atoms with Crippen molar-refractivity contribution in [3.8, 4) is 0 Å². The summed E-state index contributed by atoms with van der Waals surface area (Å²) >= 11 is 0. The number of fused-ring (bicyclic) bond motifs is 1. The molecule has 0 radical (unpaired) electrons. The van der Waals surface area contributed by atoms with Crippen molar-refractivity contribution in [2.24, 2.45) is 11.3 Å². The molecule has 1 N–H and O–H groups in total. The molecule has 3 heteroatoms. The second kappa shape index (κ2) is 4.87. The van der Waals surface area contributed by atoms with Crippen molar-refractivity contribution in [3.63, 3.8) is 0 Å². The predicted molar refractivity (Wildman–Crippen MR) is 71.2 cm³/mol. The molecule has 100 valence electrons. The van der Waals surface area contributed by atoms with Gasteiger partial charge in [-0.3, -0.25) is 0 Å². The maximum atomic E-state index is 5.93. The summed E-state index contributed by atoms with van der Waals surface area (Å²) in [6.07, 6.45) is 3.06. The highest BCUT2D eigenvalue weighted by Crippen LogP contribution is 2.51. The number of rotatable bonds is 4. The Morgan fingerprint density at radius 3 is 2.76 bits per heavy atom. The molecule has 4 atom stereocenters. The minimum atomic E-state index is 0.303. The van der Waals surface area contributed by atoms with Gasteiger partial charge in [0, 0.05) is 36.6 Å². The van der Waals surface area contributed by atoms with E-state index in [1.54, 1.807) is 0 Å². The molecular weight excluding hydrogens is 212 g/mol. The average molecular weight is 240 g/mol. The normalized spacial score (nSPS) is 37.4. The van der Waals surface area contributed by atoms with Crippen LogP contribution in [0.1, 0.15) is 33.6 Å². The highest BCUT2D eigenvalue weighted by atomic mass is 16.5. The Kier molecular flexibility index (Phi) is 3.81. The van der Waals surface area contributed by atoms with Gasteiger partial charge in [0.25, 0.3) is 0 Å². The van der Waals surface area contributed by atoms with Gasteiger partial charge in [0.1, 0.15) is 0 Å². The Hall–Kier alpha value is -0.120. The van der Waals surface area contributed by atoms with Crippen molar-refractivity contribution in [1.82, 2.24) is 10.2 Å². The number of hydrogen-bond donors (Lipinski definition) is 1. The van der Waals surface area contributed by atoms with E-state index in [-0.39, 0.29) is 0 Å². The third-order valence-electron chi connectivity index (χ3n) is 4.85. The molecule has 2 fully saturated rings. The lowest BCUT2D eigenvalue weighted by atomic mass is 9.55. The van der Waals surface area contributed by atoms with Crippen LogP contribution in [0.5, 0.6) is 0 Å². The topological polar surface area (TPSA) is 24.5 Å². The number of nitrogens with one attached hydrogen (secondary N) is 1. The Bertz CT molecular complexity index is 265. The third kappa shape index (κ3) is 2.38. The first-order chi connectivity index (χ1) is 7.94. The smallest absolute Gasteiger partial charge is 0.0684 e. The standard InChI is InChI=1S/C14H28N2O/c1-10(16(4)5)9-15-12-11-7-6-8-17-13(11)14(12,2)3/h10-13,15H,6-9H2,1-5H3. The molecule has 0 aromatic heterocycles. The average Bonchev–Trinajstić information content (AvgIpc) is 2.28. The molecule has 1 aliphatic carbocycles. The lowest BCUT2D eigenvalue weighted by Crippen LogP contribution is -2.70. The lowest BCUT2D eigenvalue weighted by Gasteiger charge is -2.60. The van der Waals surface area contributed by atoms with Crippen LogP contribution in [0.2, 0.25) is 0 Å². The Morgan fingerprint density at radius 2 is 2.12 bits per heavy atom. The molecule has 1 saturated carbocycles. The Balaban J connectivity index is 1.88. The SMILES string of the molecule is CC(CNC1C2CCCOC2C1(C)C)N(C)C. The highest BCUT2D eigenvalue weighted by Gasteiger charge is 2.57. The molecule has 0 bridgehead atoms. The molecule has 0 aromatic carbocycles. The lowest BCUT2D eigenvalue weighted by molar-refractivity contribution is -0.192. The van der Waals surface area contributed by atoms with Crippen molar-refractivity contribution >= 4 is 0 Å². The van der Waals surface area contributed by atoms with Gasteiger partial charge in [-0.2, -0.15) is 0 Å². The first kappa shape index (κ1) is 13.3.